The second-order valence-corrected chi connectivity index (χ2v) is 9.49. The lowest BCUT2D eigenvalue weighted by atomic mass is 10.1. The molecule has 160 valence electrons. The normalized spacial score (nSPS) is 11.7. The minimum Gasteiger partial charge on any atom is -0.328 e. The molecule has 0 aliphatic rings. The monoisotopic (exact) mass is 433 g/mol. The minimum atomic E-state index is -3.61. The molecule has 0 aliphatic heterocycles. The lowest BCUT2D eigenvalue weighted by Crippen LogP contribution is -2.13. The van der Waals surface area contributed by atoms with Crippen LogP contribution in [0, 0.1) is 13.8 Å². The first-order valence-electron chi connectivity index (χ1n) is 10.5. The molecule has 0 atom stereocenters. The van der Waals surface area contributed by atoms with Gasteiger partial charge in [0, 0.05) is 18.7 Å². The molecule has 4 aromatic rings. The van der Waals surface area contributed by atoms with E-state index in [-0.39, 0.29) is 4.90 Å². The van der Waals surface area contributed by atoms with E-state index in [9.17, 15) is 8.42 Å². The van der Waals surface area contributed by atoms with Crippen molar-refractivity contribution in [2.45, 2.75) is 45.1 Å². The molecule has 5 nitrogen and oxygen atoms in total. The van der Waals surface area contributed by atoms with Gasteiger partial charge in [-0.25, -0.2) is 13.4 Å². The van der Waals surface area contributed by atoms with Crippen LogP contribution in [0.1, 0.15) is 29.4 Å². The average molecular weight is 434 g/mol. The van der Waals surface area contributed by atoms with Gasteiger partial charge in [-0.2, -0.15) is 0 Å². The van der Waals surface area contributed by atoms with Crippen LogP contribution >= 0.6 is 0 Å². The van der Waals surface area contributed by atoms with Crippen LogP contribution < -0.4 is 4.72 Å². The van der Waals surface area contributed by atoms with Gasteiger partial charge < -0.3 is 4.57 Å². The van der Waals surface area contributed by atoms with E-state index in [2.05, 4.69) is 22.3 Å². The number of imidazole rings is 1. The Balaban J connectivity index is 1.46. The third-order valence-electron chi connectivity index (χ3n) is 5.68. The topological polar surface area (TPSA) is 64.0 Å². The zero-order valence-corrected chi connectivity index (χ0v) is 18.9. The van der Waals surface area contributed by atoms with Crippen LogP contribution in [-0.2, 0) is 29.4 Å². The Morgan fingerprint density at radius 1 is 0.903 bits per heavy atom. The van der Waals surface area contributed by atoms with E-state index < -0.39 is 10.0 Å². The van der Waals surface area contributed by atoms with Gasteiger partial charge in [-0.15, -0.1) is 0 Å². The molecule has 0 aliphatic carbocycles. The van der Waals surface area contributed by atoms with Crippen molar-refractivity contribution in [2.24, 2.45) is 0 Å². The fourth-order valence-corrected chi connectivity index (χ4v) is 4.90. The fourth-order valence-electron chi connectivity index (χ4n) is 3.76. The molecule has 0 amide bonds. The van der Waals surface area contributed by atoms with Crippen molar-refractivity contribution in [3.8, 4) is 0 Å². The molecular weight excluding hydrogens is 406 g/mol. The Kier molecular flexibility index (Phi) is 5.83. The van der Waals surface area contributed by atoms with E-state index in [1.165, 1.54) is 0 Å². The highest BCUT2D eigenvalue weighted by Crippen LogP contribution is 2.21. The average Bonchev–Trinajstić information content (AvgIpc) is 3.12. The van der Waals surface area contributed by atoms with Crippen molar-refractivity contribution in [2.75, 3.05) is 4.72 Å². The van der Waals surface area contributed by atoms with Gasteiger partial charge in [-0.3, -0.25) is 4.72 Å². The van der Waals surface area contributed by atoms with Crippen molar-refractivity contribution >= 4 is 26.7 Å². The predicted octanol–water partition coefficient (Wildman–Crippen LogP) is 5.26. The van der Waals surface area contributed by atoms with Crippen LogP contribution in [0.4, 0.5) is 5.69 Å². The first kappa shape index (κ1) is 21.1. The van der Waals surface area contributed by atoms with Crippen LogP contribution in [0.5, 0.6) is 0 Å². The lowest BCUT2D eigenvalue weighted by molar-refractivity contribution is 0.601. The number of fused-ring (bicyclic) bond motifs is 1. The summed E-state index contributed by atoms with van der Waals surface area (Å²) in [6, 6.07) is 20.9. The summed E-state index contributed by atoms with van der Waals surface area (Å²) < 4.78 is 30.3. The van der Waals surface area contributed by atoms with Gasteiger partial charge in [-0.05, 0) is 80.3 Å². The van der Waals surface area contributed by atoms with Crippen LogP contribution in [-0.4, -0.2) is 18.0 Å². The number of rotatable bonds is 7. The molecule has 0 radical (unpaired) electrons. The maximum atomic E-state index is 12.7. The first-order chi connectivity index (χ1) is 14.9. The molecule has 4 rings (SSSR count). The van der Waals surface area contributed by atoms with Crippen molar-refractivity contribution in [1.29, 1.82) is 0 Å². The number of nitrogens with one attached hydrogen (secondary N) is 1. The maximum Gasteiger partial charge on any atom is 0.261 e. The summed E-state index contributed by atoms with van der Waals surface area (Å²) in [6.07, 6.45) is 1.67. The Labute approximate surface area is 183 Å². The highest BCUT2D eigenvalue weighted by molar-refractivity contribution is 7.92. The molecule has 0 saturated heterocycles. The summed E-state index contributed by atoms with van der Waals surface area (Å²) >= 11 is 0. The molecule has 0 spiro atoms. The van der Waals surface area contributed by atoms with E-state index in [1.807, 2.05) is 62.4 Å². The van der Waals surface area contributed by atoms with Gasteiger partial charge in [0.15, 0.2) is 0 Å². The predicted molar refractivity (Wildman–Crippen MR) is 126 cm³/mol. The number of hydrogen-bond acceptors (Lipinski definition) is 3. The van der Waals surface area contributed by atoms with Gasteiger partial charge >= 0.3 is 0 Å². The quantitative estimate of drug-likeness (QED) is 0.432. The maximum absolute atomic E-state index is 12.7. The molecule has 0 fully saturated rings. The van der Waals surface area contributed by atoms with Crippen LogP contribution in [0.15, 0.2) is 71.6 Å². The van der Waals surface area contributed by atoms with Crippen LogP contribution in [0.2, 0.25) is 0 Å². The first-order valence-corrected chi connectivity index (χ1v) is 12.0. The van der Waals surface area contributed by atoms with Gasteiger partial charge in [0.25, 0.3) is 10.0 Å². The molecule has 0 bridgehead atoms. The zero-order valence-electron chi connectivity index (χ0n) is 18.1. The van der Waals surface area contributed by atoms with E-state index in [0.29, 0.717) is 5.69 Å². The third kappa shape index (κ3) is 4.49. The molecule has 0 saturated carbocycles. The number of para-hydroxylation sites is 2. The summed E-state index contributed by atoms with van der Waals surface area (Å²) in [4.78, 5) is 5.06. The van der Waals surface area contributed by atoms with Crippen molar-refractivity contribution in [1.82, 2.24) is 9.55 Å². The smallest absolute Gasteiger partial charge is 0.261 e. The Bertz CT molecular complexity index is 1320. The fraction of sp³-hybridized carbons (Fsp3) is 0.240. The summed E-state index contributed by atoms with van der Waals surface area (Å²) in [7, 11) is -3.61. The van der Waals surface area contributed by atoms with E-state index >= 15 is 0 Å². The van der Waals surface area contributed by atoms with E-state index in [1.54, 1.807) is 12.1 Å². The number of nitrogens with zero attached hydrogens (tertiary/aromatic N) is 2. The summed E-state index contributed by atoms with van der Waals surface area (Å²) in [5, 5.41) is 0. The molecule has 6 heteroatoms. The van der Waals surface area contributed by atoms with Crippen LogP contribution in [0.3, 0.4) is 0 Å². The summed E-state index contributed by atoms with van der Waals surface area (Å²) in [5.74, 6) is 1.07. The Hall–Kier alpha value is -3.12. The Morgan fingerprint density at radius 3 is 2.35 bits per heavy atom. The van der Waals surface area contributed by atoms with Crippen LogP contribution in [0.25, 0.3) is 11.0 Å². The van der Waals surface area contributed by atoms with Gasteiger partial charge in [-0.1, -0.05) is 30.3 Å². The number of sulfonamides is 1. The van der Waals surface area contributed by atoms with Gasteiger partial charge in [0.05, 0.1) is 15.9 Å². The standard InChI is InChI=1S/C25H27N3O2S/c1-4-28-24-8-6-5-7-23(24)26-25(28)16-12-20-10-13-21(14-11-20)27-31(29,30)22-15-9-18(2)19(3)17-22/h5-11,13-15,17,27H,4,12,16H2,1-3H3. The van der Waals surface area contributed by atoms with Crippen molar-refractivity contribution < 1.29 is 8.42 Å². The number of aromatic nitrogens is 2. The zero-order chi connectivity index (χ0) is 22.0. The Morgan fingerprint density at radius 2 is 1.65 bits per heavy atom. The SMILES string of the molecule is CCn1c(CCc2ccc(NS(=O)(=O)c3ccc(C)c(C)c3)cc2)nc2ccccc21. The highest BCUT2D eigenvalue weighted by atomic mass is 32.2. The molecule has 1 N–H and O–H groups in total. The third-order valence-corrected chi connectivity index (χ3v) is 7.06. The number of benzene rings is 3. The molecule has 31 heavy (non-hydrogen) atoms. The number of aryl methyl sites for hydroxylation is 5. The second kappa shape index (κ2) is 8.55. The van der Waals surface area contributed by atoms with Gasteiger partial charge in [0.1, 0.15) is 5.82 Å². The van der Waals surface area contributed by atoms with Gasteiger partial charge in [0.2, 0.25) is 0 Å². The highest BCUT2D eigenvalue weighted by Gasteiger charge is 2.15. The van der Waals surface area contributed by atoms with Crippen molar-refractivity contribution in [3.05, 3.63) is 89.2 Å². The van der Waals surface area contributed by atoms with Crippen molar-refractivity contribution in [3.63, 3.8) is 0 Å². The largest absolute Gasteiger partial charge is 0.328 e. The molecule has 3 aromatic carbocycles. The molecule has 1 heterocycles. The molecule has 1 aromatic heterocycles. The van der Waals surface area contributed by atoms with E-state index in [0.717, 1.165) is 52.9 Å². The second-order valence-electron chi connectivity index (χ2n) is 7.81. The minimum absolute atomic E-state index is 0.276. The lowest BCUT2D eigenvalue weighted by Gasteiger charge is -2.11. The number of hydrogen-bond donors (Lipinski definition) is 1. The molecule has 0 unspecified atom stereocenters. The van der Waals surface area contributed by atoms with E-state index in [4.69, 9.17) is 4.98 Å². The number of anilines is 1. The summed E-state index contributed by atoms with van der Waals surface area (Å²) in [5.41, 5.74) is 5.91. The molecular formula is C25H27N3O2S. The summed E-state index contributed by atoms with van der Waals surface area (Å²) in [6.45, 7) is 6.90.